The Kier molecular flexibility index (Phi) is 6.29. The van der Waals surface area contributed by atoms with Crippen molar-refractivity contribution in [3.63, 3.8) is 0 Å². The molecular weight excluding hydrogens is 293 g/mol. The van der Waals surface area contributed by atoms with E-state index in [1.807, 2.05) is 7.05 Å². The Morgan fingerprint density at radius 1 is 1.45 bits per heavy atom. The summed E-state index contributed by atoms with van der Waals surface area (Å²) in [6, 6.07) is 0.416. The molecule has 0 radical (unpaired) electrons. The lowest BCUT2D eigenvalue weighted by Gasteiger charge is -2.32. The van der Waals surface area contributed by atoms with Crippen LogP contribution >= 0.6 is 12.4 Å². The Balaban J connectivity index is 0.00000200. The molecule has 0 aliphatic carbocycles. The number of hydrogen-bond acceptors (Lipinski definition) is 3. The Bertz CT molecular complexity index is 408. The van der Waals surface area contributed by atoms with Gasteiger partial charge in [0, 0.05) is 25.0 Å². The molecule has 1 fully saturated rings. The fourth-order valence-corrected chi connectivity index (χ4v) is 2.46. The van der Waals surface area contributed by atoms with E-state index in [2.05, 4.69) is 15.2 Å². The average molecular weight is 313 g/mol. The van der Waals surface area contributed by atoms with Crippen LogP contribution in [0.5, 0.6) is 0 Å². The third kappa shape index (κ3) is 4.96. The Morgan fingerprint density at radius 3 is 2.85 bits per heavy atom. The molecule has 0 spiro atoms. The second-order valence-electron chi connectivity index (χ2n) is 4.95. The van der Waals surface area contributed by atoms with Crippen LogP contribution in [-0.4, -0.2) is 46.8 Å². The highest BCUT2D eigenvalue weighted by molar-refractivity contribution is 5.85. The van der Waals surface area contributed by atoms with Crippen molar-refractivity contribution in [2.75, 3.05) is 20.1 Å². The van der Waals surface area contributed by atoms with Gasteiger partial charge in [0.15, 0.2) is 0 Å². The third-order valence-corrected chi connectivity index (χ3v) is 3.43. The Morgan fingerprint density at radius 2 is 2.20 bits per heavy atom. The first-order valence-corrected chi connectivity index (χ1v) is 6.44. The molecule has 2 heterocycles. The summed E-state index contributed by atoms with van der Waals surface area (Å²) in [5, 5.41) is 3.22. The van der Waals surface area contributed by atoms with Crippen molar-refractivity contribution in [2.45, 2.75) is 38.1 Å². The second kappa shape index (κ2) is 7.28. The largest absolute Gasteiger partial charge is 0.406 e. The van der Waals surface area contributed by atoms with Gasteiger partial charge in [-0.15, -0.1) is 12.4 Å². The molecule has 0 aromatic carbocycles. The van der Waals surface area contributed by atoms with Gasteiger partial charge in [-0.25, -0.2) is 4.98 Å². The highest BCUT2D eigenvalue weighted by atomic mass is 35.5. The fraction of sp³-hybridized carbons (Fsp3) is 0.750. The molecule has 0 bridgehead atoms. The summed E-state index contributed by atoms with van der Waals surface area (Å²) < 4.78 is 38.4. The summed E-state index contributed by atoms with van der Waals surface area (Å²) in [6.45, 7) is 1.28. The predicted molar refractivity (Wildman–Crippen MR) is 72.9 cm³/mol. The molecule has 1 N–H and O–H groups in total. The Labute approximate surface area is 122 Å². The summed E-state index contributed by atoms with van der Waals surface area (Å²) in [5.41, 5.74) is 0. The summed E-state index contributed by atoms with van der Waals surface area (Å²) in [6.07, 6.45) is 0.795. The highest BCUT2D eigenvalue weighted by Crippen LogP contribution is 2.19. The van der Waals surface area contributed by atoms with Crippen LogP contribution in [-0.2, 0) is 13.1 Å². The van der Waals surface area contributed by atoms with Crippen LogP contribution in [0.15, 0.2) is 12.4 Å². The van der Waals surface area contributed by atoms with Crippen molar-refractivity contribution in [1.29, 1.82) is 0 Å². The van der Waals surface area contributed by atoms with Crippen LogP contribution in [0.2, 0.25) is 0 Å². The SMILES string of the molecule is CNC1CCCN(Cc2nccn2CC(F)(F)F)C1.Cl. The summed E-state index contributed by atoms with van der Waals surface area (Å²) in [4.78, 5) is 6.20. The smallest absolute Gasteiger partial charge is 0.325 e. The minimum Gasteiger partial charge on any atom is -0.325 e. The molecule has 1 aliphatic rings. The van der Waals surface area contributed by atoms with Gasteiger partial charge in [0.25, 0.3) is 0 Å². The zero-order chi connectivity index (χ0) is 13.9. The molecule has 20 heavy (non-hydrogen) atoms. The van der Waals surface area contributed by atoms with E-state index in [0.29, 0.717) is 18.4 Å². The van der Waals surface area contributed by atoms with Gasteiger partial charge in [0.05, 0.1) is 6.54 Å². The lowest BCUT2D eigenvalue weighted by molar-refractivity contribution is -0.141. The van der Waals surface area contributed by atoms with Crippen molar-refractivity contribution in [3.8, 4) is 0 Å². The monoisotopic (exact) mass is 312 g/mol. The van der Waals surface area contributed by atoms with E-state index in [-0.39, 0.29) is 12.4 Å². The standard InChI is InChI=1S/C12H19F3N4.ClH/c1-16-10-3-2-5-18(7-10)8-11-17-4-6-19(11)9-12(13,14)15;/h4,6,10,16H,2-3,5,7-9H2,1H3;1H. The summed E-state index contributed by atoms with van der Waals surface area (Å²) in [7, 11) is 1.92. The molecule has 0 amide bonds. The van der Waals surface area contributed by atoms with Gasteiger partial charge in [0.2, 0.25) is 0 Å². The number of rotatable bonds is 4. The summed E-state index contributed by atoms with van der Waals surface area (Å²) in [5.74, 6) is 0.481. The number of alkyl halides is 3. The number of piperidine rings is 1. The van der Waals surface area contributed by atoms with E-state index >= 15 is 0 Å². The number of nitrogens with zero attached hydrogens (tertiary/aromatic N) is 3. The maximum atomic E-state index is 12.4. The molecular formula is C12H20ClF3N4. The number of nitrogens with one attached hydrogen (secondary N) is 1. The van der Waals surface area contributed by atoms with Crippen LogP contribution in [0, 0.1) is 0 Å². The maximum Gasteiger partial charge on any atom is 0.406 e. The van der Waals surface area contributed by atoms with Gasteiger partial charge >= 0.3 is 6.18 Å². The van der Waals surface area contributed by atoms with Gasteiger partial charge in [-0.05, 0) is 26.4 Å². The first kappa shape index (κ1) is 17.3. The third-order valence-electron chi connectivity index (χ3n) is 3.43. The first-order valence-electron chi connectivity index (χ1n) is 6.44. The molecule has 2 rings (SSSR count). The normalized spacial score (nSPS) is 20.7. The number of likely N-dealkylation sites (N-methyl/N-ethyl adjacent to an activating group) is 1. The van der Waals surface area contributed by atoms with Crippen molar-refractivity contribution >= 4 is 12.4 Å². The molecule has 1 aromatic rings. The van der Waals surface area contributed by atoms with Gasteiger partial charge in [-0.2, -0.15) is 13.2 Å². The maximum absolute atomic E-state index is 12.4. The van der Waals surface area contributed by atoms with E-state index in [9.17, 15) is 13.2 Å². The molecule has 1 unspecified atom stereocenters. The quantitative estimate of drug-likeness (QED) is 0.924. The van der Waals surface area contributed by atoms with Gasteiger partial charge in [-0.1, -0.05) is 0 Å². The number of halogens is 4. The molecule has 4 nitrogen and oxygen atoms in total. The average Bonchev–Trinajstić information content (AvgIpc) is 2.74. The van der Waals surface area contributed by atoms with Crippen molar-refractivity contribution in [1.82, 2.24) is 19.8 Å². The fourth-order valence-electron chi connectivity index (χ4n) is 2.46. The topological polar surface area (TPSA) is 33.1 Å². The van der Waals surface area contributed by atoms with Gasteiger partial charge in [-0.3, -0.25) is 4.90 Å². The number of hydrogen-bond donors (Lipinski definition) is 1. The number of imidazole rings is 1. The van der Waals surface area contributed by atoms with E-state index in [1.54, 1.807) is 0 Å². The minimum absolute atomic E-state index is 0. The molecule has 1 aromatic heterocycles. The van der Waals surface area contributed by atoms with Crippen molar-refractivity contribution in [2.24, 2.45) is 0 Å². The summed E-state index contributed by atoms with van der Waals surface area (Å²) >= 11 is 0. The number of aromatic nitrogens is 2. The highest BCUT2D eigenvalue weighted by Gasteiger charge is 2.29. The van der Waals surface area contributed by atoms with E-state index < -0.39 is 12.7 Å². The van der Waals surface area contributed by atoms with Crippen LogP contribution in [0.4, 0.5) is 13.2 Å². The molecule has 0 saturated carbocycles. The van der Waals surface area contributed by atoms with E-state index in [4.69, 9.17) is 0 Å². The zero-order valence-electron chi connectivity index (χ0n) is 11.4. The Hall–Kier alpha value is -0.790. The molecule has 116 valence electrons. The molecule has 1 aliphatic heterocycles. The first-order chi connectivity index (χ1) is 8.98. The van der Waals surface area contributed by atoms with Crippen LogP contribution in [0.3, 0.4) is 0 Å². The van der Waals surface area contributed by atoms with Gasteiger partial charge in [0.1, 0.15) is 12.4 Å². The lowest BCUT2D eigenvalue weighted by Crippen LogP contribution is -2.44. The lowest BCUT2D eigenvalue weighted by atomic mass is 10.1. The zero-order valence-corrected chi connectivity index (χ0v) is 12.2. The van der Waals surface area contributed by atoms with Crippen molar-refractivity contribution < 1.29 is 13.2 Å². The van der Waals surface area contributed by atoms with E-state index in [0.717, 1.165) is 25.9 Å². The van der Waals surface area contributed by atoms with Crippen LogP contribution in [0.1, 0.15) is 18.7 Å². The van der Waals surface area contributed by atoms with Crippen molar-refractivity contribution in [3.05, 3.63) is 18.2 Å². The predicted octanol–water partition coefficient (Wildman–Crippen LogP) is 2.05. The molecule has 1 saturated heterocycles. The minimum atomic E-state index is -4.20. The molecule has 1 atom stereocenters. The van der Waals surface area contributed by atoms with Crippen LogP contribution < -0.4 is 5.32 Å². The van der Waals surface area contributed by atoms with Crippen LogP contribution in [0.25, 0.3) is 0 Å². The van der Waals surface area contributed by atoms with E-state index in [1.165, 1.54) is 17.0 Å². The van der Waals surface area contributed by atoms with Gasteiger partial charge < -0.3 is 9.88 Å². The molecule has 8 heteroatoms. The second-order valence-corrected chi connectivity index (χ2v) is 4.95. The number of likely N-dealkylation sites (tertiary alicyclic amines) is 1.